The summed E-state index contributed by atoms with van der Waals surface area (Å²) in [6, 6.07) is 12.7. The number of halogens is 1. The zero-order chi connectivity index (χ0) is 18.5. The van der Waals surface area contributed by atoms with E-state index in [1.54, 1.807) is 37.4 Å². The maximum Gasteiger partial charge on any atom is 0.336 e. The summed E-state index contributed by atoms with van der Waals surface area (Å²) in [6.45, 7) is 0.198. The summed E-state index contributed by atoms with van der Waals surface area (Å²) in [6.07, 6.45) is 0.720. The average molecular weight is 355 g/mol. The molecule has 0 aliphatic rings. The van der Waals surface area contributed by atoms with Crippen molar-refractivity contribution in [3.05, 3.63) is 75.9 Å². The molecule has 26 heavy (non-hydrogen) atoms. The first-order valence-electron chi connectivity index (χ1n) is 8.20. The van der Waals surface area contributed by atoms with Gasteiger partial charge in [-0.15, -0.1) is 0 Å². The highest BCUT2D eigenvalue weighted by Gasteiger charge is 2.09. The number of hydrogen-bond donors (Lipinski definition) is 1. The van der Waals surface area contributed by atoms with Gasteiger partial charge in [-0.25, -0.2) is 9.18 Å². The fourth-order valence-electron chi connectivity index (χ4n) is 2.67. The topological polar surface area (TPSA) is 68.5 Å². The van der Waals surface area contributed by atoms with Gasteiger partial charge in [0.05, 0.1) is 0 Å². The van der Waals surface area contributed by atoms with Gasteiger partial charge in [-0.05, 0) is 41.8 Å². The van der Waals surface area contributed by atoms with E-state index in [4.69, 9.17) is 9.15 Å². The van der Waals surface area contributed by atoms with E-state index in [-0.39, 0.29) is 24.8 Å². The first-order valence-corrected chi connectivity index (χ1v) is 8.20. The second kappa shape index (κ2) is 7.82. The lowest BCUT2D eigenvalue weighted by atomic mass is 10.1. The van der Waals surface area contributed by atoms with Crippen molar-refractivity contribution in [2.24, 2.45) is 0 Å². The standard InChI is InChI=1S/C20H18FNO4/c1-22-19(23)8-5-14-10-20(24)26-18-11-16(6-7-17(14)18)25-12-13-3-2-4-15(21)9-13/h2-4,6-7,9-11H,5,8,12H2,1H3,(H,22,23). The molecule has 0 aliphatic carbocycles. The van der Waals surface area contributed by atoms with Crippen molar-refractivity contribution in [2.45, 2.75) is 19.4 Å². The van der Waals surface area contributed by atoms with Gasteiger partial charge in [0, 0.05) is 31.0 Å². The molecule has 3 rings (SSSR count). The molecule has 0 atom stereocenters. The van der Waals surface area contributed by atoms with Crippen molar-refractivity contribution in [3.8, 4) is 5.75 Å². The van der Waals surface area contributed by atoms with Crippen LogP contribution in [0.5, 0.6) is 5.75 Å². The van der Waals surface area contributed by atoms with Crippen LogP contribution < -0.4 is 15.7 Å². The molecule has 1 N–H and O–H groups in total. The number of carbonyl (C=O) groups is 1. The van der Waals surface area contributed by atoms with Gasteiger partial charge in [0.2, 0.25) is 5.91 Å². The molecule has 1 heterocycles. The smallest absolute Gasteiger partial charge is 0.336 e. The van der Waals surface area contributed by atoms with Crippen molar-refractivity contribution >= 4 is 16.9 Å². The number of carbonyl (C=O) groups excluding carboxylic acids is 1. The number of hydrogen-bond acceptors (Lipinski definition) is 4. The Balaban J connectivity index is 1.81. The van der Waals surface area contributed by atoms with E-state index >= 15 is 0 Å². The Labute approximate surface area is 149 Å². The van der Waals surface area contributed by atoms with E-state index in [0.717, 1.165) is 10.9 Å². The number of benzene rings is 2. The molecule has 0 radical (unpaired) electrons. The lowest BCUT2D eigenvalue weighted by Gasteiger charge is -2.09. The molecule has 6 heteroatoms. The monoisotopic (exact) mass is 355 g/mol. The quantitative estimate of drug-likeness (QED) is 0.690. The molecule has 0 saturated carbocycles. The van der Waals surface area contributed by atoms with E-state index in [1.165, 1.54) is 18.2 Å². The number of nitrogens with one attached hydrogen (secondary N) is 1. The summed E-state index contributed by atoms with van der Waals surface area (Å²) in [5.41, 5.74) is 1.36. The summed E-state index contributed by atoms with van der Waals surface area (Å²) in [5.74, 6) is 0.0890. The highest BCUT2D eigenvalue weighted by atomic mass is 19.1. The third kappa shape index (κ3) is 4.27. The minimum atomic E-state index is -0.480. The van der Waals surface area contributed by atoms with Crippen LogP contribution >= 0.6 is 0 Å². The van der Waals surface area contributed by atoms with Crippen LogP contribution in [0.2, 0.25) is 0 Å². The number of ether oxygens (including phenoxy) is 1. The van der Waals surface area contributed by atoms with Crippen molar-refractivity contribution in [2.75, 3.05) is 7.05 Å². The number of fused-ring (bicyclic) bond motifs is 1. The molecule has 2 aromatic carbocycles. The summed E-state index contributed by atoms with van der Waals surface area (Å²) >= 11 is 0. The highest BCUT2D eigenvalue weighted by molar-refractivity contribution is 5.82. The van der Waals surface area contributed by atoms with Gasteiger partial charge in [-0.2, -0.15) is 0 Å². The molecule has 3 aromatic rings. The predicted molar refractivity (Wildman–Crippen MR) is 95.6 cm³/mol. The van der Waals surface area contributed by atoms with Crippen molar-refractivity contribution in [1.29, 1.82) is 0 Å². The third-order valence-electron chi connectivity index (χ3n) is 4.00. The molecule has 0 fully saturated rings. The van der Waals surface area contributed by atoms with Crippen molar-refractivity contribution < 1.29 is 18.3 Å². The number of amides is 1. The lowest BCUT2D eigenvalue weighted by Crippen LogP contribution is -2.18. The van der Waals surface area contributed by atoms with Gasteiger partial charge in [0.25, 0.3) is 0 Å². The van der Waals surface area contributed by atoms with Crippen LogP contribution in [0.25, 0.3) is 11.0 Å². The SMILES string of the molecule is CNC(=O)CCc1cc(=O)oc2cc(OCc3cccc(F)c3)ccc12. The minimum Gasteiger partial charge on any atom is -0.489 e. The Kier molecular flexibility index (Phi) is 5.31. The molecular weight excluding hydrogens is 337 g/mol. The van der Waals surface area contributed by atoms with Crippen LogP contribution in [-0.4, -0.2) is 13.0 Å². The minimum absolute atomic E-state index is 0.0959. The van der Waals surface area contributed by atoms with Crippen LogP contribution in [0, 0.1) is 5.82 Å². The maximum atomic E-state index is 13.2. The maximum absolute atomic E-state index is 13.2. The summed E-state index contributed by atoms with van der Waals surface area (Å²) in [7, 11) is 1.57. The fourth-order valence-corrected chi connectivity index (χ4v) is 2.67. The molecule has 1 amide bonds. The van der Waals surface area contributed by atoms with Crippen LogP contribution in [0.4, 0.5) is 4.39 Å². The van der Waals surface area contributed by atoms with E-state index in [0.29, 0.717) is 23.3 Å². The van der Waals surface area contributed by atoms with Crippen LogP contribution in [0.3, 0.4) is 0 Å². The summed E-state index contributed by atoms with van der Waals surface area (Å²) < 4.78 is 24.1. The van der Waals surface area contributed by atoms with Gasteiger partial charge in [-0.3, -0.25) is 4.79 Å². The van der Waals surface area contributed by atoms with Crippen LogP contribution in [0.1, 0.15) is 17.5 Å². The lowest BCUT2D eigenvalue weighted by molar-refractivity contribution is -0.120. The molecule has 134 valence electrons. The highest BCUT2D eigenvalue weighted by Crippen LogP contribution is 2.24. The normalized spacial score (nSPS) is 10.7. The summed E-state index contributed by atoms with van der Waals surface area (Å²) in [4.78, 5) is 23.2. The first-order chi connectivity index (χ1) is 12.5. The summed E-state index contributed by atoms with van der Waals surface area (Å²) in [5, 5.41) is 3.31. The number of aryl methyl sites for hydroxylation is 1. The number of rotatable bonds is 6. The zero-order valence-electron chi connectivity index (χ0n) is 14.3. The van der Waals surface area contributed by atoms with Crippen LogP contribution in [0.15, 0.2) is 57.7 Å². The Hall–Kier alpha value is -3.15. The molecule has 0 saturated heterocycles. The second-order valence-electron chi connectivity index (χ2n) is 5.84. The molecule has 0 aliphatic heterocycles. The molecule has 5 nitrogen and oxygen atoms in total. The van der Waals surface area contributed by atoms with E-state index in [2.05, 4.69) is 5.32 Å². The van der Waals surface area contributed by atoms with E-state index in [9.17, 15) is 14.0 Å². The Morgan fingerprint density at radius 1 is 1.19 bits per heavy atom. The fraction of sp³-hybridized carbons (Fsp3) is 0.200. The Morgan fingerprint density at radius 3 is 2.81 bits per heavy atom. The molecule has 0 bridgehead atoms. The van der Waals surface area contributed by atoms with Gasteiger partial charge in [0.15, 0.2) is 0 Å². The van der Waals surface area contributed by atoms with Crippen LogP contribution in [-0.2, 0) is 17.8 Å². The van der Waals surface area contributed by atoms with E-state index in [1.807, 2.05) is 0 Å². The van der Waals surface area contributed by atoms with E-state index < -0.39 is 5.63 Å². The zero-order valence-corrected chi connectivity index (χ0v) is 14.3. The largest absolute Gasteiger partial charge is 0.489 e. The van der Waals surface area contributed by atoms with Gasteiger partial charge >= 0.3 is 5.63 Å². The average Bonchev–Trinajstić information content (AvgIpc) is 2.63. The molecule has 1 aromatic heterocycles. The molecule has 0 unspecified atom stereocenters. The molecular formula is C20H18FNO4. The second-order valence-corrected chi connectivity index (χ2v) is 5.84. The first kappa shape index (κ1) is 17.7. The van der Waals surface area contributed by atoms with Crippen molar-refractivity contribution in [3.63, 3.8) is 0 Å². The van der Waals surface area contributed by atoms with Gasteiger partial charge in [-0.1, -0.05) is 12.1 Å². The van der Waals surface area contributed by atoms with Gasteiger partial charge in [0.1, 0.15) is 23.8 Å². The third-order valence-corrected chi connectivity index (χ3v) is 4.00. The van der Waals surface area contributed by atoms with Gasteiger partial charge < -0.3 is 14.5 Å². The predicted octanol–water partition coefficient (Wildman–Crippen LogP) is 3.19. The molecule has 0 spiro atoms. The Morgan fingerprint density at radius 2 is 2.04 bits per heavy atom. The van der Waals surface area contributed by atoms with Crippen molar-refractivity contribution in [1.82, 2.24) is 5.32 Å². The Bertz CT molecular complexity index is 997.